The zero-order valence-corrected chi connectivity index (χ0v) is 13.8. The monoisotopic (exact) mass is 296 g/mol. The van der Waals surface area contributed by atoms with Crippen molar-refractivity contribution in [2.24, 2.45) is 23.7 Å². The summed E-state index contributed by atoms with van der Waals surface area (Å²) in [6.07, 6.45) is 13.2. The Balaban J connectivity index is 0.00000128. The first kappa shape index (κ1) is 15.2. The van der Waals surface area contributed by atoms with E-state index >= 15 is 0 Å². The van der Waals surface area contributed by atoms with E-state index in [4.69, 9.17) is 0 Å². The predicted molar refractivity (Wildman–Crippen MR) is 66.5 cm³/mol. The van der Waals surface area contributed by atoms with Crippen LogP contribution in [0.3, 0.4) is 0 Å². The van der Waals surface area contributed by atoms with Gasteiger partial charge in [-0.05, 0) is 30.6 Å². The van der Waals surface area contributed by atoms with Gasteiger partial charge < -0.3 is 6.92 Å². The molecular formula is C15H27Y-. The molecule has 1 heteroatoms. The van der Waals surface area contributed by atoms with Gasteiger partial charge in [-0.15, -0.1) is 0 Å². The van der Waals surface area contributed by atoms with Gasteiger partial charge in [0, 0.05) is 32.7 Å². The maximum absolute atomic E-state index is 4.06. The Morgan fingerprint density at radius 2 is 1.25 bits per heavy atom. The Morgan fingerprint density at radius 3 is 1.69 bits per heavy atom. The van der Waals surface area contributed by atoms with Crippen LogP contribution in [0.15, 0.2) is 0 Å². The van der Waals surface area contributed by atoms with Gasteiger partial charge in [0.1, 0.15) is 0 Å². The minimum atomic E-state index is 0. The molecule has 0 aromatic heterocycles. The van der Waals surface area contributed by atoms with E-state index in [1.807, 2.05) is 0 Å². The second-order valence-corrected chi connectivity index (χ2v) is 6.09. The largest absolute Gasteiger partial charge is 0.343 e. The van der Waals surface area contributed by atoms with Gasteiger partial charge in [0.25, 0.3) is 0 Å². The maximum Gasteiger partial charge on any atom is 0 e. The summed E-state index contributed by atoms with van der Waals surface area (Å²) in [5.41, 5.74) is 0. The van der Waals surface area contributed by atoms with Crippen LogP contribution in [-0.2, 0) is 32.7 Å². The van der Waals surface area contributed by atoms with Gasteiger partial charge in [0.05, 0.1) is 0 Å². The third-order valence-corrected chi connectivity index (χ3v) is 5.03. The van der Waals surface area contributed by atoms with Crippen LogP contribution >= 0.6 is 0 Å². The molecule has 0 aromatic carbocycles. The molecule has 1 radical (unpaired) electrons. The minimum absolute atomic E-state index is 0. The normalized spacial score (nSPS) is 40.1. The standard InChI is InChI=1S/C15H27.Y/c1-3-13-6-10-15(11-7-13)14-8-4-12(2)5-9-14;/h12-15H,1,3-11H2,2H3;/q-1;. The summed E-state index contributed by atoms with van der Waals surface area (Å²) >= 11 is 0. The van der Waals surface area contributed by atoms with Gasteiger partial charge in [-0.2, -0.15) is 6.42 Å². The van der Waals surface area contributed by atoms with Crippen molar-refractivity contribution in [1.29, 1.82) is 0 Å². The van der Waals surface area contributed by atoms with Gasteiger partial charge in [-0.25, -0.2) is 0 Å². The summed E-state index contributed by atoms with van der Waals surface area (Å²) in [5, 5.41) is 0. The van der Waals surface area contributed by atoms with E-state index in [1.54, 1.807) is 0 Å². The average Bonchev–Trinajstić information content (AvgIpc) is 2.30. The molecule has 16 heavy (non-hydrogen) atoms. The van der Waals surface area contributed by atoms with Crippen molar-refractivity contribution in [1.82, 2.24) is 0 Å². The molecule has 2 aliphatic rings. The summed E-state index contributed by atoms with van der Waals surface area (Å²) in [6.45, 7) is 6.48. The van der Waals surface area contributed by atoms with Crippen LogP contribution in [0.1, 0.15) is 64.7 Å². The quantitative estimate of drug-likeness (QED) is 0.640. The molecule has 2 fully saturated rings. The van der Waals surface area contributed by atoms with E-state index < -0.39 is 0 Å². The van der Waals surface area contributed by atoms with E-state index in [2.05, 4.69) is 13.8 Å². The molecule has 0 spiro atoms. The van der Waals surface area contributed by atoms with Crippen molar-refractivity contribution in [2.45, 2.75) is 64.7 Å². The van der Waals surface area contributed by atoms with Gasteiger partial charge in [0.2, 0.25) is 0 Å². The Bertz CT molecular complexity index is 174. The summed E-state index contributed by atoms with van der Waals surface area (Å²) in [4.78, 5) is 0. The summed E-state index contributed by atoms with van der Waals surface area (Å²) < 4.78 is 0. The van der Waals surface area contributed by atoms with Gasteiger partial charge >= 0.3 is 0 Å². The molecule has 0 unspecified atom stereocenters. The van der Waals surface area contributed by atoms with Crippen LogP contribution in [0.5, 0.6) is 0 Å². The third kappa shape index (κ3) is 4.09. The van der Waals surface area contributed by atoms with Crippen LogP contribution in [0.4, 0.5) is 0 Å². The Labute approximate surface area is 127 Å². The van der Waals surface area contributed by atoms with Crippen molar-refractivity contribution in [3.63, 3.8) is 0 Å². The molecular weight excluding hydrogens is 269 g/mol. The Kier molecular flexibility index (Phi) is 7.13. The van der Waals surface area contributed by atoms with Crippen molar-refractivity contribution in [3.8, 4) is 0 Å². The predicted octanol–water partition coefficient (Wildman–Crippen LogP) is 4.84. The van der Waals surface area contributed by atoms with Gasteiger partial charge in [-0.3, -0.25) is 0 Å². The van der Waals surface area contributed by atoms with Crippen LogP contribution in [0, 0.1) is 30.6 Å². The fourth-order valence-electron chi connectivity index (χ4n) is 3.71. The van der Waals surface area contributed by atoms with Crippen molar-refractivity contribution in [3.05, 3.63) is 6.92 Å². The molecule has 2 aliphatic carbocycles. The summed E-state index contributed by atoms with van der Waals surface area (Å²) in [7, 11) is 0. The SMILES string of the molecule is [CH2-]CC1CCC(C2CCC(C)CC2)CC1.[Y]. The van der Waals surface area contributed by atoms with Crippen LogP contribution in [-0.4, -0.2) is 0 Å². The Morgan fingerprint density at radius 1 is 0.812 bits per heavy atom. The maximum atomic E-state index is 4.06. The molecule has 0 saturated heterocycles. The first-order valence-electron chi connectivity index (χ1n) is 7.08. The molecule has 0 heterocycles. The number of hydrogen-bond donors (Lipinski definition) is 0. The first-order chi connectivity index (χ1) is 7.29. The molecule has 0 aliphatic heterocycles. The average molecular weight is 296 g/mol. The molecule has 91 valence electrons. The number of rotatable bonds is 2. The minimum Gasteiger partial charge on any atom is -0.343 e. The van der Waals surface area contributed by atoms with E-state index in [0.717, 1.165) is 23.7 Å². The molecule has 0 bridgehead atoms. The second-order valence-electron chi connectivity index (χ2n) is 6.09. The topological polar surface area (TPSA) is 0 Å². The molecule has 0 nitrogen and oxygen atoms in total. The van der Waals surface area contributed by atoms with Crippen LogP contribution in [0.2, 0.25) is 0 Å². The smallest absolute Gasteiger partial charge is 0 e. The summed E-state index contributed by atoms with van der Waals surface area (Å²) in [5.74, 6) is 4.15. The zero-order chi connectivity index (χ0) is 10.7. The van der Waals surface area contributed by atoms with Gasteiger partial charge in [-0.1, -0.05) is 51.4 Å². The zero-order valence-electron chi connectivity index (χ0n) is 11.0. The van der Waals surface area contributed by atoms with Crippen LogP contribution in [0.25, 0.3) is 0 Å². The fourth-order valence-corrected chi connectivity index (χ4v) is 3.71. The first-order valence-corrected chi connectivity index (χ1v) is 7.08. The van der Waals surface area contributed by atoms with Crippen molar-refractivity contribution >= 4 is 0 Å². The second kappa shape index (κ2) is 7.52. The molecule has 0 aromatic rings. The summed E-state index contributed by atoms with van der Waals surface area (Å²) in [6, 6.07) is 0. The Hall–Kier alpha value is 1.10. The molecule has 2 rings (SSSR count). The molecule has 0 atom stereocenters. The van der Waals surface area contributed by atoms with Crippen LogP contribution < -0.4 is 0 Å². The van der Waals surface area contributed by atoms with E-state index in [0.29, 0.717) is 0 Å². The fraction of sp³-hybridized carbons (Fsp3) is 0.933. The van der Waals surface area contributed by atoms with Crippen molar-refractivity contribution in [2.75, 3.05) is 0 Å². The van der Waals surface area contributed by atoms with E-state index in [9.17, 15) is 0 Å². The number of hydrogen-bond acceptors (Lipinski definition) is 0. The molecule has 0 N–H and O–H groups in total. The van der Waals surface area contributed by atoms with E-state index in [-0.39, 0.29) is 32.7 Å². The molecule has 0 amide bonds. The molecule has 2 saturated carbocycles. The van der Waals surface area contributed by atoms with E-state index in [1.165, 1.54) is 57.8 Å². The van der Waals surface area contributed by atoms with Crippen molar-refractivity contribution < 1.29 is 32.7 Å². The third-order valence-electron chi connectivity index (χ3n) is 5.03. The van der Waals surface area contributed by atoms with Gasteiger partial charge in [0.15, 0.2) is 0 Å².